The van der Waals surface area contributed by atoms with Crippen molar-refractivity contribution in [1.82, 2.24) is 4.72 Å². The van der Waals surface area contributed by atoms with Crippen LogP contribution in [0.15, 0.2) is 0 Å². The highest BCUT2D eigenvalue weighted by Gasteiger charge is 2.36. The molecule has 1 fully saturated rings. The molecule has 0 radical (unpaired) electrons. The van der Waals surface area contributed by atoms with Crippen LogP contribution >= 0.6 is 0 Å². The molecule has 1 aliphatic rings. The van der Waals surface area contributed by atoms with Crippen LogP contribution in [0, 0.1) is 0 Å². The monoisotopic (exact) mass is 207 g/mol. The first-order valence-electron chi connectivity index (χ1n) is 4.58. The van der Waals surface area contributed by atoms with Crippen LogP contribution in [0.4, 0.5) is 0 Å². The topological polar surface area (TPSA) is 66.4 Å². The van der Waals surface area contributed by atoms with Gasteiger partial charge in [-0.05, 0) is 26.2 Å². The van der Waals surface area contributed by atoms with E-state index in [2.05, 4.69) is 4.72 Å². The van der Waals surface area contributed by atoms with Gasteiger partial charge in [0, 0.05) is 6.54 Å². The van der Waals surface area contributed by atoms with E-state index in [1.54, 1.807) is 6.92 Å². The van der Waals surface area contributed by atoms with Crippen molar-refractivity contribution in [1.29, 1.82) is 0 Å². The third-order valence-electron chi connectivity index (χ3n) is 2.38. The zero-order valence-electron chi connectivity index (χ0n) is 8.08. The van der Waals surface area contributed by atoms with Gasteiger partial charge in [-0.25, -0.2) is 13.1 Å². The Kier molecular flexibility index (Phi) is 2.99. The molecule has 0 bridgehead atoms. The van der Waals surface area contributed by atoms with Gasteiger partial charge < -0.3 is 5.11 Å². The summed E-state index contributed by atoms with van der Waals surface area (Å²) in [4.78, 5) is 0. The maximum atomic E-state index is 11.3. The second-order valence-electron chi connectivity index (χ2n) is 3.92. The molecule has 1 rings (SSSR count). The first-order chi connectivity index (χ1) is 5.87. The molecule has 0 aromatic rings. The molecule has 4 nitrogen and oxygen atoms in total. The Morgan fingerprint density at radius 1 is 1.54 bits per heavy atom. The molecule has 0 spiro atoms. The molecule has 1 saturated carbocycles. The molecular formula is C8H17NO3S. The Balaban J connectivity index is 2.41. The van der Waals surface area contributed by atoms with E-state index in [4.69, 9.17) is 0 Å². The van der Waals surface area contributed by atoms with Gasteiger partial charge in [0.25, 0.3) is 0 Å². The van der Waals surface area contributed by atoms with Gasteiger partial charge in [0.15, 0.2) is 0 Å². The highest BCUT2D eigenvalue weighted by atomic mass is 32.2. The van der Waals surface area contributed by atoms with Crippen LogP contribution in [-0.4, -0.2) is 30.9 Å². The van der Waals surface area contributed by atoms with Gasteiger partial charge in [-0.1, -0.05) is 6.92 Å². The molecular weight excluding hydrogens is 190 g/mol. The van der Waals surface area contributed by atoms with Crippen molar-refractivity contribution in [2.24, 2.45) is 0 Å². The fraction of sp³-hybridized carbons (Fsp3) is 1.00. The lowest BCUT2D eigenvalue weighted by Gasteiger charge is -2.21. The van der Waals surface area contributed by atoms with Crippen molar-refractivity contribution < 1.29 is 13.5 Å². The van der Waals surface area contributed by atoms with Crippen LogP contribution in [0.3, 0.4) is 0 Å². The lowest BCUT2D eigenvalue weighted by Crippen LogP contribution is -2.41. The molecule has 1 atom stereocenters. The maximum absolute atomic E-state index is 11.3. The molecule has 0 amide bonds. The summed E-state index contributed by atoms with van der Waals surface area (Å²) >= 11 is 0. The van der Waals surface area contributed by atoms with E-state index in [9.17, 15) is 13.5 Å². The number of nitrogens with one attached hydrogen (secondary N) is 1. The average molecular weight is 207 g/mol. The molecule has 2 N–H and O–H groups in total. The van der Waals surface area contributed by atoms with Crippen LogP contribution < -0.4 is 4.72 Å². The molecule has 13 heavy (non-hydrogen) atoms. The maximum Gasteiger partial charge on any atom is 0.214 e. The molecule has 0 heterocycles. The van der Waals surface area contributed by atoms with Crippen molar-refractivity contribution in [3.8, 4) is 0 Å². The summed E-state index contributed by atoms with van der Waals surface area (Å²) in [7, 11) is -3.14. The van der Waals surface area contributed by atoms with E-state index < -0.39 is 15.6 Å². The third-order valence-corrected chi connectivity index (χ3v) is 4.27. The number of hydrogen-bond acceptors (Lipinski definition) is 3. The molecule has 5 heteroatoms. The molecule has 0 aliphatic heterocycles. The number of rotatable bonds is 5. The number of hydrogen-bond donors (Lipinski definition) is 2. The molecule has 0 aromatic carbocycles. The van der Waals surface area contributed by atoms with E-state index in [0.717, 1.165) is 12.8 Å². The number of aliphatic hydroxyl groups is 1. The van der Waals surface area contributed by atoms with E-state index in [-0.39, 0.29) is 11.8 Å². The SMILES string of the molecule is CCC(C)(O)CNS(=O)(=O)C1CC1. The Hall–Kier alpha value is -0.130. The molecule has 0 saturated heterocycles. The normalized spacial score (nSPS) is 22.7. The van der Waals surface area contributed by atoms with Crippen LogP contribution in [0.25, 0.3) is 0 Å². The van der Waals surface area contributed by atoms with Crippen molar-refractivity contribution in [2.75, 3.05) is 6.54 Å². The summed E-state index contributed by atoms with van der Waals surface area (Å²) in [5, 5.41) is 9.35. The molecule has 1 aliphatic carbocycles. The summed E-state index contributed by atoms with van der Waals surface area (Å²) in [6.07, 6.45) is 2.05. The number of sulfonamides is 1. The standard InChI is InChI=1S/C8H17NO3S/c1-3-8(2,10)6-9-13(11,12)7-4-5-7/h7,9-10H,3-6H2,1-2H3. The van der Waals surface area contributed by atoms with Gasteiger partial charge in [0.1, 0.15) is 0 Å². The average Bonchev–Trinajstić information content (AvgIpc) is 2.84. The molecule has 1 unspecified atom stereocenters. The fourth-order valence-electron chi connectivity index (χ4n) is 0.877. The minimum Gasteiger partial charge on any atom is -0.389 e. The summed E-state index contributed by atoms with van der Waals surface area (Å²) in [6, 6.07) is 0. The first kappa shape index (κ1) is 10.9. The summed E-state index contributed by atoms with van der Waals surface area (Å²) in [5.41, 5.74) is -0.929. The Morgan fingerprint density at radius 3 is 2.46 bits per heavy atom. The first-order valence-corrected chi connectivity index (χ1v) is 6.13. The second-order valence-corrected chi connectivity index (χ2v) is 5.96. The van der Waals surface area contributed by atoms with Crippen molar-refractivity contribution >= 4 is 10.0 Å². The van der Waals surface area contributed by atoms with E-state index >= 15 is 0 Å². The largest absolute Gasteiger partial charge is 0.389 e. The van der Waals surface area contributed by atoms with Gasteiger partial charge in [-0.15, -0.1) is 0 Å². The van der Waals surface area contributed by atoms with E-state index in [1.807, 2.05) is 6.92 Å². The molecule has 78 valence electrons. The van der Waals surface area contributed by atoms with Crippen molar-refractivity contribution in [2.45, 2.75) is 44.0 Å². The van der Waals surface area contributed by atoms with Crippen molar-refractivity contribution in [3.05, 3.63) is 0 Å². The quantitative estimate of drug-likeness (QED) is 0.678. The zero-order valence-corrected chi connectivity index (χ0v) is 8.89. The minimum absolute atomic E-state index is 0.113. The predicted molar refractivity (Wildman–Crippen MR) is 50.9 cm³/mol. The van der Waals surface area contributed by atoms with Crippen LogP contribution in [-0.2, 0) is 10.0 Å². The summed E-state index contributed by atoms with van der Waals surface area (Å²) in [5.74, 6) is 0. The van der Waals surface area contributed by atoms with E-state index in [1.165, 1.54) is 0 Å². The Labute approximate surface area is 79.4 Å². The van der Waals surface area contributed by atoms with Gasteiger partial charge in [-0.3, -0.25) is 0 Å². The van der Waals surface area contributed by atoms with Crippen LogP contribution in [0.2, 0.25) is 0 Å². The Morgan fingerprint density at radius 2 is 2.08 bits per heavy atom. The fourth-order valence-corrected chi connectivity index (χ4v) is 2.38. The van der Waals surface area contributed by atoms with Gasteiger partial charge >= 0.3 is 0 Å². The lowest BCUT2D eigenvalue weighted by molar-refractivity contribution is 0.0613. The third kappa shape index (κ3) is 3.25. The summed E-state index contributed by atoms with van der Waals surface area (Å²) in [6.45, 7) is 3.57. The Bertz CT molecular complexity index is 267. The minimum atomic E-state index is -3.14. The van der Waals surface area contributed by atoms with Gasteiger partial charge in [0.2, 0.25) is 10.0 Å². The van der Waals surface area contributed by atoms with Crippen molar-refractivity contribution in [3.63, 3.8) is 0 Å². The lowest BCUT2D eigenvalue weighted by atomic mass is 10.1. The van der Waals surface area contributed by atoms with Gasteiger partial charge in [-0.2, -0.15) is 0 Å². The predicted octanol–water partition coefficient (Wildman–Crippen LogP) is 0.229. The van der Waals surface area contributed by atoms with E-state index in [0.29, 0.717) is 6.42 Å². The molecule has 0 aromatic heterocycles. The second kappa shape index (κ2) is 3.55. The smallest absolute Gasteiger partial charge is 0.214 e. The van der Waals surface area contributed by atoms with Gasteiger partial charge in [0.05, 0.1) is 10.9 Å². The highest BCUT2D eigenvalue weighted by Crippen LogP contribution is 2.27. The van der Waals surface area contributed by atoms with Crippen LogP contribution in [0.5, 0.6) is 0 Å². The zero-order chi connectivity index (χ0) is 10.1. The van der Waals surface area contributed by atoms with Crippen LogP contribution in [0.1, 0.15) is 33.1 Å². The summed E-state index contributed by atoms with van der Waals surface area (Å²) < 4.78 is 25.1. The highest BCUT2D eigenvalue weighted by molar-refractivity contribution is 7.90.